The molecule has 1 unspecified atom stereocenters. The Hall–Kier alpha value is -2.19. The zero-order chi connectivity index (χ0) is 24.0. The standard InChI is InChI=1S/C25H34O8/c1-6-31-14(2)32-18-11-17(22(27)29-5)24(3)9-7-16-23(28)33-19(15-8-10-30-13-15)12-25(16,4)21(24)20(18)26/h8,10,13-14,16-19,21H,6-7,9,11-12H2,1-5H3/t14?,16-,17-,18-,19-,21-,24-,25-/m0/s1. The monoisotopic (exact) mass is 462 g/mol. The topological polar surface area (TPSA) is 101 Å². The summed E-state index contributed by atoms with van der Waals surface area (Å²) in [6.07, 6.45) is 3.03. The molecule has 3 aliphatic rings. The molecule has 1 saturated heterocycles. The minimum Gasteiger partial charge on any atom is -0.472 e. The summed E-state index contributed by atoms with van der Waals surface area (Å²) >= 11 is 0. The van der Waals surface area contributed by atoms with Crippen molar-refractivity contribution in [2.24, 2.45) is 28.6 Å². The number of methoxy groups -OCH3 is 1. The maximum Gasteiger partial charge on any atom is 0.310 e. The molecule has 1 aliphatic heterocycles. The molecule has 8 heteroatoms. The first kappa shape index (κ1) is 24.0. The molecule has 0 amide bonds. The largest absolute Gasteiger partial charge is 0.472 e. The van der Waals surface area contributed by atoms with Gasteiger partial charge in [-0.15, -0.1) is 0 Å². The number of fused-ring (bicyclic) bond motifs is 3. The van der Waals surface area contributed by atoms with Gasteiger partial charge in [-0.2, -0.15) is 0 Å². The van der Waals surface area contributed by atoms with Gasteiger partial charge in [0.25, 0.3) is 0 Å². The van der Waals surface area contributed by atoms with E-state index in [0.717, 1.165) is 5.56 Å². The summed E-state index contributed by atoms with van der Waals surface area (Å²) in [5.74, 6) is -2.24. The molecular weight excluding hydrogens is 428 g/mol. The summed E-state index contributed by atoms with van der Waals surface area (Å²) in [4.78, 5) is 40.1. The first-order chi connectivity index (χ1) is 15.7. The highest BCUT2D eigenvalue weighted by Gasteiger charge is 2.67. The number of hydrogen-bond donors (Lipinski definition) is 0. The van der Waals surface area contributed by atoms with E-state index in [0.29, 0.717) is 25.9 Å². The van der Waals surface area contributed by atoms with Gasteiger partial charge in [0.1, 0.15) is 12.2 Å². The predicted octanol–water partition coefficient (Wildman–Crippen LogP) is 3.84. The van der Waals surface area contributed by atoms with Crippen molar-refractivity contribution in [2.45, 2.75) is 71.9 Å². The van der Waals surface area contributed by atoms with Gasteiger partial charge < -0.3 is 23.4 Å². The molecule has 182 valence electrons. The molecule has 3 fully saturated rings. The van der Waals surface area contributed by atoms with Crippen LogP contribution in [0.25, 0.3) is 0 Å². The van der Waals surface area contributed by atoms with Gasteiger partial charge in [-0.3, -0.25) is 14.4 Å². The molecule has 0 spiro atoms. The fourth-order valence-corrected chi connectivity index (χ4v) is 6.78. The molecule has 0 bridgehead atoms. The molecule has 0 N–H and O–H groups in total. The average molecular weight is 463 g/mol. The van der Waals surface area contributed by atoms with Crippen LogP contribution in [0.5, 0.6) is 0 Å². The van der Waals surface area contributed by atoms with Crippen LogP contribution in [0.3, 0.4) is 0 Å². The Morgan fingerprint density at radius 1 is 1.27 bits per heavy atom. The number of carbonyl (C=O) groups is 3. The van der Waals surface area contributed by atoms with Gasteiger partial charge in [0.05, 0.1) is 31.5 Å². The summed E-state index contributed by atoms with van der Waals surface area (Å²) in [5, 5.41) is 0. The van der Waals surface area contributed by atoms with Crippen LogP contribution >= 0.6 is 0 Å². The zero-order valence-electron chi connectivity index (χ0n) is 20.0. The molecular formula is C25H34O8. The molecule has 8 atom stereocenters. The number of furan rings is 1. The minimum absolute atomic E-state index is 0.0722. The number of Topliss-reactive ketones (excluding diaryl/α,β-unsaturated/α-hetero) is 1. The number of hydrogen-bond acceptors (Lipinski definition) is 8. The summed E-state index contributed by atoms with van der Waals surface area (Å²) in [5.41, 5.74) is -0.589. The Labute approximate surface area is 194 Å². The van der Waals surface area contributed by atoms with Gasteiger partial charge in [0.2, 0.25) is 0 Å². The number of carbonyl (C=O) groups excluding carboxylic acids is 3. The smallest absolute Gasteiger partial charge is 0.310 e. The highest BCUT2D eigenvalue weighted by molar-refractivity contribution is 5.92. The molecule has 4 rings (SSSR count). The Morgan fingerprint density at radius 2 is 2.03 bits per heavy atom. The van der Waals surface area contributed by atoms with Gasteiger partial charge in [0.15, 0.2) is 12.1 Å². The highest BCUT2D eigenvalue weighted by Crippen LogP contribution is 2.65. The third-order valence-corrected chi connectivity index (χ3v) is 8.26. The number of ether oxygens (including phenoxy) is 4. The molecule has 2 aliphatic carbocycles. The maximum absolute atomic E-state index is 14.0. The van der Waals surface area contributed by atoms with Crippen LogP contribution < -0.4 is 0 Å². The quantitative estimate of drug-likeness (QED) is 0.464. The molecule has 2 heterocycles. The Bertz CT molecular complexity index is 894. The van der Waals surface area contributed by atoms with Crippen molar-refractivity contribution < 1.29 is 37.7 Å². The molecule has 0 radical (unpaired) electrons. The summed E-state index contributed by atoms with van der Waals surface area (Å²) in [6, 6.07) is 1.78. The molecule has 1 aromatic rings. The van der Waals surface area contributed by atoms with Crippen molar-refractivity contribution in [1.29, 1.82) is 0 Å². The van der Waals surface area contributed by atoms with Gasteiger partial charge in [-0.1, -0.05) is 13.8 Å². The van der Waals surface area contributed by atoms with E-state index in [1.54, 1.807) is 25.5 Å². The molecule has 8 nitrogen and oxygen atoms in total. The van der Waals surface area contributed by atoms with Crippen LogP contribution in [0.4, 0.5) is 0 Å². The second-order valence-corrected chi connectivity index (χ2v) is 10.1. The average Bonchev–Trinajstić information content (AvgIpc) is 3.29. The molecule has 0 aromatic carbocycles. The van der Waals surface area contributed by atoms with Crippen LogP contribution in [0.15, 0.2) is 23.0 Å². The Balaban J connectivity index is 1.75. The van der Waals surface area contributed by atoms with Crippen LogP contribution in [0.1, 0.15) is 65.0 Å². The Morgan fingerprint density at radius 3 is 2.67 bits per heavy atom. The first-order valence-corrected chi connectivity index (χ1v) is 11.8. The maximum atomic E-state index is 14.0. The third-order valence-electron chi connectivity index (χ3n) is 8.26. The minimum atomic E-state index is -0.811. The second kappa shape index (κ2) is 8.87. The normalized spacial score (nSPS) is 39.2. The van der Waals surface area contributed by atoms with Crippen LogP contribution in [-0.2, 0) is 33.3 Å². The molecule has 33 heavy (non-hydrogen) atoms. The lowest BCUT2D eigenvalue weighted by atomic mass is 9.43. The summed E-state index contributed by atoms with van der Waals surface area (Å²) in [6.45, 7) is 8.03. The lowest BCUT2D eigenvalue weighted by Crippen LogP contribution is -2.64. The van der Waals surface area contributed by atoms with E-state index < -0.39 is 47.1 Å². The SMILES string of the molecule is CCOC(C)O[C@H]1C[C@@H](C(=O)OC)[C@]2(C)CC[C@H]3C(=O)O[C@H](c4ccoc4)C[C@]3(C)[C@H]2C1=O. The van der Waals surface area contributed by atoms with Crippen molar-refractivity contribution in [3.05, 3.63) is 24.2 Å². The van der Waals surface area contributed by atoms with Crippen LogP contribution in [0, 0.1) is 28.6 Å². The van der Waals surface area contributed by atoms with E-state index in [1.165, 1.54) is 7.11 Å². The molecule has 1 aromatic heterocycles. The van der Waals surface area contributed by atoms with Crippen molar-refractivity contribution in [1.82, 2.24) is 0 Å². The van der Waals surface area contributed by atoms with Crippen molar-refractivity contribution >= 4 is 17.7 Å². The van der Waals surface area contributed by atoms with Crippen molar-refractivity contribution in [3.63, 3.8) is 0 Å². The predicted molar refractivity (Wildman–Crippen MR) is 116 cm³/mol. The van der Waals surface area contributed by atoms with E-state index in [2.05, 4.69) is 0 Å². The van der Waals surface area contributed by atoms with E-state index in [1.807, 2.05) is 20.8 Å². The van der Waals surface area contributed by atoms with E-state index in [-0.39, 0.29) is 24.1 Å². The number of rotatable bonds is 6. The third kappa shape index (κ3) is 3.91. The van der Waals surface area contributed by atoms with Crippen LogP contribution in [0.2, 0.25) is 0 Å². The van der Waals surface area contributed by atoms with E-state index in [4.69, 9.17) is 23.4 Å². The fraction of sp³-hybridized carbons (Fsp3) is 0.720. The lowest BCUT2D eigenvalue weighted by molar-refractivity contribution is -0.222. The van der Waals surface area contributed by atoms with Gasteiger partial charge >= 0.3 is 11.9 Å². The highest BCUT2D eigenvalue weighted by atomic mass is 16.7. The van der Waals surface area contributed by atoms with Gasteiger partial charge in [-0.05, 0) is 56.4 Å². The van der Waals surface area contributed by atoms with E-state index >= 15 is 0 Å². The fourth-order valence-electron chi connectivity index (χ4n) is 6.78. The zero-order valence-corrected chi connectivity index (χ0v) is 20.0. The van der Waals surface area contributed by atoms with Gasteiger partial charge in [0, 0.05) is 18.1 Å². The van der Waals surface area contributed by atoms with Crippen molar-refractivity contribution in [3.8, 4) is 0 Å². The summed E-state index contributed by atoms with van der Waals surface area (Å²) < 4.78 is 27.7. The number of cyclic esters (lactones) is 1. The van der Waals surface area contributed by atoms with Gasteiger partial charge in [-0.25, -0.2) is 0 Å². The molecule has 2 saturated carbocycles. The van der Waals surface area contributed by atoms with E-state index in [9.17, 15) is 14.4 Å². The number of esters is 2. The summed E-state index contributed by atoms with van der Waals surface area (Å²) in [7, 11) is 1.37. The number of ketones is 1. The van der Waals surface area contributed by atoms with Crippen molar-refractivity contribution in [2.75, 3.05) is 13.7 Å². The second-order valence-electron chi connectivity index (χ2n) is 10.1. The first-order valence-electron chi connectivity index (χ1n) is 11.8. The Kier molecular flexibility index (Phi) is 6.44. The lowest BCUT2D eigenvalue weighted by Gasteiger charge is -2.61. The van der Waals surface area contributed by atoms with Crippen LogP contribution in [-0.4, -0.2) is 43.8 Å².